The number of carbonyl (C=O) groups is 1. The number of aromatic nitrogens is 2. The molecule has 1 amide bonds. The summed E-state index contributed by atoms with van der Waals surface area (Å²) in [6.07, 6.45) is 2.77. The second-order valence-electron chi connectivity index (χ2n) is 8.16. The van der Waals surface area contributed by atoms with Crippen LogP contribution in [0.5, 0.6) is 0 Å². The first-order valence-corrected chi connectivity index (χ1v) is 11.1. The number of aliphatic hydroxyl groups excluding tert-OH is 1. The highest BCUT2D eigenvalue weighted by atomic mass is 35.5. The molecule has 0 spiro atoms. The summed E-state index contributed by atoms with van der Waals surface area (Å²) < 4.78 is 0. The molecule has 8 heteroatoms. The van der Waals surface area contributed by atoms with Crippen molar-refractivity contribution >= 4 is 23.5 Å². The van der Waals surface area contributed by atoms with Crippen molar-refractivity contribution in [3.05, 3.63) is 76.4 Å². The maximum Gasteiger partial charge on any atom is 0.255 e. The van der Waals surface area contributed by atoms with E-state index in [0.29, 0.717) is 29.1 Å². The Balaban J connectivity index is 1.40. The number of benzene rings is 2. The Morgan fingerprint density at radius 3 is 2.94 bits per heavy atom. The number of carbonyl (C=O) groups excluding carboxylic acids is 1. The molecule has 3 aromatic rings. The van der Waals surface area contributed by atoms with Gasteiger partial charge in [0.05, 0.1) is 18.3 Å². The van der Waals surface area contributed by atoms with E-state index >= 15 is 0 Å². The summed E-state index contributed by atoms with van der Waals surface area (Å²) in [5.74, 6) is 0.483. The first kappa shape index (κ1) is 20.9. The quantitative estimate of drug-likeness (QED) is 0.535. The largest absolute Gasteiger partial charge is 0.394 e. The van der Waals surface area contributed by atoms with E-state index in [4.69, 9.17) is 11.6 Å². The molecule has 0 bridgehead atoms. The van der Waals surface area contributed by atoms with Gasteiger partial charge in [0.1, 0.15) is 0 Å². The standard InChI is InChI=1S/C24H24ClN5O2/c25-18-3-1-2-16(10-18)22(14-31)30-13-17-5-4-15(11-20(17)23(30)32)21-7-9-27-24(29-21)28-19-6-8-26-12-19/h1-5,7,9-11,19,22,26,31H,6,8,12-14H2,(H,27,28,29). The highest BCUT2D eigenvalue weighted by Crippen LogP contribution is 2.34. The molecular weight excluding hydrogens is 426 g/mol. The van der Waals surface area contributed by atoms with E-state index in [9.17, 15) is 9.90 Å². The van der Waals surface area contributed by atoms with Crippen molar-refractivity contribution < 1.29 is 9.90 Å². The maximum atomic E-state index is 13.3. The van der Waals surface area contributed by atoms with Gasteiger partial charge in [-0.1, -0.05) is 35.9 Å². The fraction of sp³-hybridized carbons (Fsp3) is 0.292. The Labute approximate surface area is 191 Å². The van der Waals surface area contributed by atoms with E-state index in [1.54, 1.807) is 23.2 Å². The number of halogens is 1. The Bertz CT molecular complexity index is 1150. The first-order chi connectivity index (χ1) is 15.6. The van der Waals surface area contributed by atoms with E-state index in [2.05, 4.69) is 20.6 Å². The van der Waals surface area contributed by atoms with Crippen LogP contribution in [0.2, 0.25) is 5.02 Å². The number of rotatable bonds is 6. The molecule has 3 N–H and O–H groups in total. The molecule has 2 unspecified atom stereocenters. The van der Waals surface area contributed by atoms with E-state index in [-0.39, 0.29) is 12.5 Å². The molecule has 0 radical (unpaired) electrons. The summed E-state index contributed by atoms with van der Waals surface area (Å²) in [6.45, 7) is 2.15. The van der Waals surface area contributed by atoms with E-state index in [1.807, 2.05) is 36.4 Å². The number of hydrogen-bond donors (Lipinski definition) is 3. The van der Waals surface area contributed by atoms with Crippen LogP contribution in [0.3, 0.4) is 0 Å². The Hall–Kier alpha value is -3.00. The van der Waals surface area contributed by atoms with Gasteiger partial charge in [0.15, 0.2) is 0 Å². The van der Waals surface area contributed by atoms with Crippen molar-refractivity contribution in [3.63, 3.8) is 0 Å². The predicted octanol–water partition coefficient (Wildman–Crippen LogP) is 3.26. The van der Waals surface area contributed by atoms with Gasteiger partial charge >= 0.3 is 0 Å². The number of anilines is 1. The third-order valence-corrected chi connectivity index (χ3v) is 6.30. The molecule has 1 aromatic heterocycles. The number of aliphatic hydroxyl groups is 1. The average molecular weight is 450 g/mol. The minimum atomic E-state index is -0.452. The van der Waals surface area contributed by atoms with Crippen LogP contribution in [0.25, 0.3) is 11.3 Å². The van der Waals surface area contributed by atoms with Crippen LogP contribution >= 0.6 is 11.6 Å². The summed E-state index contributed by atoms with van der Waals surface area (Å²) in [5, 5.41) is 17.3. The molecule has 1 fully saturated rings. The third kappa shape index (κ3) is 4.07. The summed E-state index contributed by atoms with van der Waals surface area (Å²) in [4.78, 5) is 24.0. The molecule has 0 aliphatic carbocycles. The topological polar surface area (TPSA) is 90.4 Å². The summed E-state index contributed by atoms with van der Waals surface area (Å²) >= 11 is 6.13. The summed E-state index contributed by atoms with van der Waals surface area (Å²) in [6, 6.07) is 14.8. The van der Waals surface area contributed by atoms with Gasteiger partial charge in [0.2, 0.25) is 5.95 Å². The van der Waals surface area contributed by atoms with Crippen molar-refractivity contribution in [3.8, 4) is 11.3 Å². The van der Waals surface area contributed by atoms with Crippen LogP contribution in [0.1, 0.15) is 33.9 Å². The zero-order valence-corrected chi connectivity index (χ0v) is 18.2. The fourth-order valence-corrected chi connectivity index (χ4v) is 4.58. The molecular formula is C24H24ClN5O2. The lowest BCUT2D eigenvalue weighted by molar-refractivity contribution is 0.0615. The molecule has 2 aliphatic heterocycles. The highest BCUT2D eigenvalue weighted by molar-refractivity contribution is 6.30. The van der Waals surface area contributed by atoms with Crippen molar-refractivity contribution in [1.29, 1.82) is 0 Å². The van der Waals surface area contributed by atoms with Gasteiger partial charge in [-0.25, -0.2) is 9.97 Å². The van der Waals surface area contributed by atoms with Gasteiger partial charge in [-0.15, -0.1) is 0 Å². The van der Waals surface area contributed by atoms with Crippen LogP contribution in [0.15, 0.2) is 54.7 Å². The number of hydrogen-bond acceptors (Lipinski definition) is 6. The molecule has 2 aliphatic rings. The lowest BCUT2D eigenvalue weighted by atomic mass is 10.0. The fourth-order valence-electron chi connectivity index (χ4n) is 4.38. The smallest absolute Gasteiger partial charge is 0.255 e. The Kier molecular flexibility index (Phi) is 5.78. The van der Waals surface area contributed by atoms with E-state index in [1.165, 1.54) is 0 Å². The summed E-state index contributed by atoms with van der Waals surface area (Å²) in [5.41, 5.74) is 4.00. The number of nitrogens with one attached hydrogen (secondary N) is 2. The third-order valence-electron chi connectivity index (χ3n) is 6.07. The van der Waals surface area contributed by atoms with Crippen LogP contribution in [0, 0.1) is 0 Å². The van der Waals surface area contributed by atoms with E-state index < -0.39 is 6.04 Å². The van der Waals surface area contributed by atoms with Crippen LogP contribution in [0.4, 0.5) is 5.95 Å². The van der Waals surface area contributed by atoms with Gasteiger partial charge in [-0.05, 0) is 48.4 Å². The number of nitrogens with zero attached hydrogens (tertiary/aromatic N) is 3. The molecule has 7 nitrogen and oxygen atoms in total. The molecule has 2 atom stereocenters. The molecule has 32 heavy (non-hydrogen) atoms. The second-order valence-corrected chi connectivity index (χ2v) is 8.59. The molecule has 0 saturated carbocycles. The highest BCUT2D eigenvalue weighted by Gasteiger charge is 2.33. The van der Waals surface area contributed by atoms with Crippen molar-refractivity contribution in [2.75, 3.05) is 25.0 Å². The Morgan fingerprint density at radius 2 is 2.16 bits per heavy atom. The second kappa shape index (κ2) is 8.86. The van der Waals surface area contributed by atoms with Gasteiger partial charge < -0.3 is 20.6 Å². The average Bonchev–Trinajstić information content (AvgIpc) is 3.43. The SMILES string of the molecule is O=C1c2cc(-c3ccnc(NC4CCNC4)n3)ccc2CN1C(CO)c1cccc(Cl)c1. The summed E-state index contributed by atoms with van der Waals surface area (Å²) in [7, 11) is 0. The first-order valence-electron chi connectivity index (χ1n) is 10.7. The zero-order valence-electron chi connectivity index (χ0n) is 17.5. The monoisotopic (exact) mass is 449 g/mol. The zero-order chi connectivity index (χ0) is 22.1. The Morgan fingerprint density at radius 1 is 1.25 bits per heavy atom. The van der Waals surface area contributed by atoms with Gasteiger partial charge in [0, 0.05) is 41.5 Å². The van der Waals surface area contributed by atoms with Crippen LogP contribution < -0.4 is 10.6 Å². The van der Waals surface area contributed by atoms with Gasteiger partial charge in [-0.2, -0.15) is 0 Å². The minimum absolute atomic E-state index is 0.106. The minimum Gasteiger partial charge on any atom is -0.394 e. The van der Waals surface area contributed by atoms with E-state index in [0.717, 1.165) is 41.9 Å². The van der Waals surface area contributed by atoms with Crippen molar-refractivity contribution in [2.45, 2.75) is 25.0 Å². The molecule has 5 rings (SSSR count). The van der Waals surface area contributed by atoms with Gasteiger partial charge in [0.25, 0.3) is 5.91 Å². The molecule has 164 valence electrons. The number of fused-ring (bicyclic) bond motifs is 1. The normalized spacial score (nSPS) is 18.6. The van der Waals surface area contributed by atoms with Crippen molar-refractivity contribution in [1.82, 2.24) is 20.2 Å². The van der Waals surface area contributed by atoms with Gasteiger partial charge in [-0.3, -0.25) is 4.79 Å². The van der Waals surface area contributed by atoms with Crippen molar-refractivity contribution in [2.24, 2.45) is 0 Å². The van der Waals surface area contributed by atoms with Crippen LogP contribution in [-0.2, 0) is 6.54 Å². The lowest BCUT2D eigenvalue weighted by Crippen LogP contribution is -2.31. The number of amides is 1. The van der Waals surface area contributed by atoms with Crippen LogP contribution in [-0.4, -0.2) is 51.6 Å². The molecule has 3 heterocycles. The molecule has 2 aromatic carbocycles. The maximum absolute atomic E-state index is 13.3. The predicted molar refractivity (Wildman–Crippen MR) is 124 cm³/mol. The molecule has 1 saturated heterocycles. The lowest BCUT2D eigenvalue weighted by Gasteiger charge is -2.26.